The monoisotopic (exact) mass is 359 g/mol. The molecule has 0 atom stereocenters. The van der Waals surface area contributed by atoms with Crippen molar-refractivity contribution in [1.29, 1.82) is 0 Å². The molecule has 5 nitrogen and oxygen atoms in total. The van der Waals surface area contributed by atoms with Gasteiger partial charge >= 0.3 is 6.03 Å². The van der Waals surface area contributed by atoms with Crippen LogP contribution in [0.15, 0.2) is 53.9 Å². The van der Waals surface area contributed by atoms with Crippen molar-refractivity contribution in [2.75, 3.05) is 17.7 Å². The van der Waals surface area contributed by atoms with Gasteiger partial charge in [0.25, 0.3) is 0 Å². The molecular formula is C17H14ClN3O2S. The van der Waals surface area contributed by atoms with Crippen LogP contribution in [0.3, 0.4) is 0 Å². The summed E-state index contributed by atoms with van der Waals surface area (Å²) in [5.41, 5.74) is 2.31. The Morgan fingerprint density at radius 2 is 1.88 bits per heavy atom. The number of hydrogen-bond acceptors (Lipinski definition) is 4. The highest BCUT2D eigenvalue weighted by Crippen LogP contribution is 2.27. The number of hydrogen-bond donors (Lipinski definition) is 2. The summed E-state index contributed by atoms with van der Waals surface area (Å²) < 4.78 is 5.20. The minimum Gasteiger partial charge on any atom is -0.495 e. The average Bonchev–Trinajstić information content (AvgIpc) is 3.04. The van der Waals surface area contributed by atoms with E-state index in [1.54, 1.807) is 31.4 Å². The fourth-order valence-corrected chi connectivity index (χ4v) is 2.92. The van der Waals surface area contributed by atoms with Crippen molar-refractivity contribution in [1.82, 2.24) is 4.98 Å². The summed E-state index contributed by atoms with van der Waals surface area (Å²) in [5.74, 6) is 0.591. The molecule has 24 heavy (non-hydrogen) atoms. The van der Waals surface area contributed by atoms with Crippen LogP contribution >= 0.6 is 22.9 Å². The summed E-state index contributed by atoms with van der Waals surface area (Å²) in [6.45, 7) is 0. The van der Waals surface area contributed by atoms with Gasteiger partial charge in [0.2, 0.25) is 0 Å². The van der Waals surface area contributed by atoms with Gasteiger partial charge in [-0.3, -0.25) is 5.32 Å². The van der Waals surface area contributed by atoms with Crippen molar-refractivity contribution >= 4 is 39.8 Å². The smallest absolute Gasteiger partial charge is 0.325 e. The van der Waals surface area contributed by atoms with Gasteiger partial charge in [-0.15, -0.1) is 11.3 Å². The lowest BCUT2D eigenvalue weighted by Crippen LogP contribution is -2.19. The zero-order chi connectivity index (χ0) is 16.9. The van der Waals surface area contributed by atoms with E-state index in [4.69, 9.17) is 16.3 Å². The maximum Gasteiger partial charge on any atom is 0.325 e. The quantitative estimate of drug-likeness (QED) is 0.679. The van der Waals surface area contributed by atoms with Gasteiger partial charge in [-0.1, -0.05) is 35.9 Å². The molecule has 0 aliphatic carbocycles. The molecule has 0 saturated carbocycles. The molecule has 0 saturated heterocycles. The first-order valence-electron chi connectivity index (χ1n) is 7.08. The van der Waals surface area contributed by atoms with Crippen molar-refractivity contribution in [2.24, 2.45) is 0 Å². The van der Waals surface area contributed by atoms with Gasteiger partial charge in [0.1, 0.15) is 5.75 Å². The fraction of sp³-hybridized carbons (Fsp3) is 0.0588. The first kappa shape index (κ1) is 16.3. The lowest BCUT2D eigenvalue weighted by Gasteiger charge is -2.09. The van der Waals surface area contributed by atoms with Crippen LogP contribution in [0, 0.1) is 0 Å². The summed E-state index contributed by atoms with van der Waals surface area (Å²) in [6.07, 6.45) is 0. The van der Waals surface area contributed by atoms with Crippen LogP contribution in [0.1, 0.15) is 0 Å². The van der Waals surface area contributed by atoms with Crippen molar-refractivity contribution in [3.63, 3.8) is 0 Å². The molecule has 0 unspecified atom stereocenters. The zero-order valence-corrected chi connectivity index (χ0v) is 14.3. The molecule has 2 N–H and O–H groups in total. The Morgan fingerprint density at radius 3 is 2.62 bits per heavy atom. The highest BCUT2D eigenvalue weighted by Gasteiger charge is 2.10. The highest BCUT2D eigenvalue weighted by molar-refractivity contribution is 7.14. The summed E-state index contributed by atoms with van der Waals surface area (Å²) in [5, 5.41) is 8.51. The van der Waals surface area contributed by atoms with Gasteiger partial charge in [-0.05, 0) is 24.3 Å². The van der Waals surface area contributed by atoms with E-state index >= 15 is 0 Å². The number of anilines is 2. The fourth-order valence-electron chi connectivity index (χ4n) is 2.08. The molecule has 1 heterocycles. The molecule has 1 aromatic heterocycles. The number of ether oxygens (including phenoxy) is 1. The van der Waals surface area contributed by atoms with Gasteiger partial charge in [0, 0.05) is 16.0 Å². The van der Waals surface area contributed by atoms with E-state index in [-0.39, 0.29) is 6.03 Å². The SMILES string of the molecule is COc1ccccc1NC(=O)Nc1nc(-c2ccc(Cl)cc2)cs1. The van der Waals surface area contributed by atoms with Crippen molar-refractivity contribution in [3.05, 3.63) is 58.9 Å². The van der Waals surface area contributed by atoms with Crippen LogP contribution in [0.4, 0.5) is 15.6 Å². The molecule has 2 aromatic carbocycles. The minimum atomic E-state index is -0.378. The van der Waals surface area contributed by atoms with Crippen LogP contribution in [-0.2, 0) is 0 Å². The van der Waals surface area contributed by atoms with Crippen LogP contribution in [0.2, 0.25) is 5.02 Å². The molecule has 0 aliphatic rings. The standard InChI is InChI=1S/C17H14ClN3O2S/c1-23-15-5-3-2-4-13(15)19-16(22)21-17-20-14(10-24-17)11-6-8-12(18)9-7-11/h2-10H,1H3,(H2,19,20,21,22). The molecule has 0 spiro atoms. The molecule has 2 amide bonds. The molecule has 3 rings (SSSR count). The second kappa shape index (κ2) is 7.33. The first-order valence-corrected chi connectivity index (χ1v) is 8.34. The molecule has 0 aliphatic heterocycles. The largest absolute Gasteiger partial charge is 0.495 e. The molecule has 3 aromatic rings. The number of urea groups is 1. The lowest BCUT2D eigenvalue weighted by molar-refractivity contribution is 0.262. The summed E-state index contributed by atoms with van der Waals surface area (Å²) in [7, 11) is 1.55. The number of methoxy groups -OCH3 is 1. The zero-order valence-electron chi connectivity index (χ0n) is 12.7. The van der Waals surface area contributed by atoms with E-state index in [1.165, 1.54) is 11.3 Å². The molecule has 0 bridgehead atoms. The Kier molecular flexibility index (Phi) is 4.98. The second-order valence-electron chi connectivity index (χ2n) is 4.82. The van der Waals surface area contributed by atoms with Gasteiger partial charge in [0.05, 0.1) is 18.5 Å². The number of nitrogens with one attached hydrogen (secondary N) is 2. The Hall–Kier alpha value is -2.57. The first-order chi connectivity index (χ1) is 11.7. The van der Waals surface area contributed by atoms with Gasteiger partial charge < -0.3 is 10.1 Å². The normalized spacial score (nSPS) is 10.2. The number of para-hydroxylation sites is 2. The average molecular weight is 360 g/mol. The number of benzene rings is 2. The predicted octanol–water partition coefficient (Wildman–Crippen LogP) is 5.12. The number of carbonyl (C=O) groups excluding carboxylic acids is 1. The third-order valence-electron chi connectivity index (χ3n) is 3.22. The summed E-state index contributed by atoms with van der Waals surface area (Å²) >= 11 is 7.23. The van der Waals surface area contributed by atoms with Crippen molar-refractivity contribution < 1.29 is 9.53 Å². The number of thiazole rings is 1. The number of nitrogens with zero attached hydrogens (tertiary/aromatic N) is 1. The van der Waals surface area contributed by atoms with E-state index in [0.717, 1.165) is 11.3 Å². The molecule has 0 radical (unpaired) electrons. The summed E-state index contributed by atoms with van der Waals surface area (Å²) in [6, 6.07) is 14.2. The lowest BCUT2D eigenvalue weighted by atomic mass is 10.2. The van der Waals surface area contributed by atoms with Crippen LogP contribution in [0.25, 0.3) is 11.3 Å². The topological polar surface area (TPSA) is 63.2 Å². The van der Waals surface area contributed by atoms with Gasteiger partial charge in [-0.25, -0.2) is 9.78 Å². The van der Waals surface area contributed by atoms with Crippen LogP contribution < -0.4 is 15.4 Å². The van der Waals surface area contributed by atoms with E-state index < -0.39 is 0 Å². The van der Waals surface area contributed by atoms with E-state index in [9.17, 15) is 4.79 Å². The molecule has 7 heteroatoms. The Balaban J connectivity index is 1.68. The van der Waals surface area contributed by atoms with Crippen molar-refractivity contribution in [2.45, 2.75) is 0 Å². The maximum atomic E-state index is 12.1. The van der Waals surface area contributed by atoms with E-state index in [0.29, 0.717) is 21.6 Å². The van der Waals surface area contributed by atoms with Gasteiger partial charge in [-0.2, -0.15) is 0 Å². The van der Waals surface area contributed by atoms with Gasteiger partial charge in [0.15, 0.2) is 5.13 Å². The van der Waals surface area contributed by atoms with E-state index in [1.807, 2.05) is 29.6 Å². The molecule has 122 valence electrons. The highest BCUT2D eigenvalue weighted by atomic mass is 35.5. The third-order valence-corrected chi connectivity index (χ3v) is 4.23. The number of aromatic nitrogens is 1. The van der Waals surface area contributed by atoms with E-state index in [2.05, 4.69) is 15.6 Å². The predicted molar refractivity (Wildman–Crippen MR) is 98.2 cm³/mol. The Bertz CT molecular complexity index is 849. The summed E-state index contributed by atoms with van der Waals surface area (Å²) in [4.78, 5) is 16.5. The number of amides is 2. The maximum absolute atomic E-state index is 12.1. The number of halogens is 1. The van der Waals surface area contributed by atoms with Crippen LogP contribution in [0.5, 0.6) is 5.75 Å². The molecule has 0 fully saturated rings. The minimum absolute atomic E-state index is 0.378. The van der Waals surface area contributed by atoms with Crippen LogP contribution in [-0.4, -0.2) is 18.1 Å². The number of rotatable bonds is 4. The second-order valence-corrected chi connectivity index (χ2v) is 6.12. The number of carbonyl (C=O) groups is 1. The molecular weight excluding hydrogens is 346 g/mol. The Labute approximate surface area is 148 Å². The van der Waals surface area contributed by atoms with Crippen molar-refractivity contribution in [3.8, 4) is 17.0 Å². The third kappa shape index (κ3) is 3.84. The Morgan fingerprint density at radius 1 is 1.12 bits per heavy atom.